The van der Waals surface area contributed by atoms with Crippen LogP contribution in [-0.2, 0) is 0 Å². The number of nitrogens with one attached hydrogen (secondary N) is 2. The number of hydrogen-bond donors (Lipinski definition) is 2. The molecule has 2 rings (SSSR count). The van der Waals surface area contributed by atoms with E-state index in [0.717, 1.165) is 12.8 Å². The molecule has 1 aromatic heterocycles. The molecule has 0 aliphatic heterocycles. The number of aromatic nitrogens is 1. The van der Waals surface area contributed by atoms with Crippen LogP contribution in [0.15, 0.2) is 23.1 Å². The molecular weight excluding hydrogens is 266 g/mol. The molecular formula is C16H25N3O2. The Bertz CT molecular complexity index is 552. The van der Waals surface area contributed by atoms with Crippen molar-refractivity contribution in [3.63, 3.8) is 0 Å². The molecule has 1 saturated carbocycles. The lowest BCUT2D eigenvalue weighted by Crippen LogP contribution is -2.55. The molecule has 5 nitrogen and oxygen atoms in total. The van der Waals surface area contributed by atoms with Crippen LogP contribution in [-0.4, -0.2) is 42.0 Å². The highest BCUT2D eigenvalue weighted by Gasteiger charge is 2.37. The van der Waals surface area contributed by atoms with Gasteiger partial charge in [0.1, 0.15) is 0 Å². The topological polar surface area (TPSA) is 65.2 Å². The van der Waals surface area contributed by atoms with Gasteiger partial charge in [-0.3, -0.25) is 9.59 Å². The molecule has 1 fully saturated rings. The summed E-state index contributed by atoms with van der Waals surface area (Å²) in [6.45, 7) is 2.89. The fourth-order valence-electron chi connectivity index (χ4n) is 3.29. The zero-order valence-corrected chi connectivity index (χ0v) is 13.1. The number of nitrogens with zero attached hydrogens (tertiary/aromatic N) is 1. The molecule has 1 aliphatic rings. The largest absolute Gasteiger partial charge is 0.350 e. The lowest BCUT2D eigenvalue weighted by atomic mass is 9.75. The smallest absolute Gasteiger partial charge is 0.251 e. The molecule has 0 saturated heterocycles. The predicted octanol–water partition coefficient (Wildman–Crippen LogP) is 1.62. The van der Waals surface area contributed by atoms with Gasteiger partial charge in [0.05, 0.1) is 0 Å². The molecule has 0 spiro atoms. The molecule has 1 aromatic rings. The Labute approximate surface area is 125 Å². The van der Waals surface area contributed by atoms with Crippen molar-refractivity contribution in [2.24, 2.45) is 5.92 Å². The Morgan fingerprint density at radius 3 is 2.90 bits per heavy atom. The summed E-state index contributed by atoms with van der Waals surface area (Å²) < 4.78 is 0. The Morgan fingerprint density at radius 1 is 1.52 bits per heavy atom. The fraction of sp³-hybridized carbons (Fsp3) is 0.625. The number of pyridine rings is 1. The zero-order valence-electron chi connectivity index (χ0n) is 13.1. The van der Waals surface area contributed by atoms with E-state index in [0.29, 0.717) is 18.0 Å². The van der Waals surface area contributed by atoms with Gasteiger partial charge in [-0.1, -0.05) is 19.8 Å². The van der Waals surface area contributed by atoms with Gasteiger partial charge in [0.15, 0.2) is 0 Å². The summed E-state index contributed by atoms with van der Waals surface area (Å²) in [4.78, 5) is 28.2. The van der Waals surface area contributed by atoms with Crippen molar-refractivity contribution in [3.8, 4) is 0 Å². The first-order chi connectivity index (χ1) is 9.93. The summed E-state index contributed by atoms with van der Waals surface area (Å²) in [6.07, 6.45) is 6.15. The molecule has 1 heterocycles. The van der Waals surface area contributed by atoms with E-state index in [1.54, 1.807) is 6.07 Å². The van der Waals surface area contributed by atoms with E-state index < -0.39 is 0 Å². The molecule has 0 radical (unpaired) electrons. The van der Waals surface area contributed by atoms with Gasteiger partial charge in [-0.15, -0.1) is 0 Å². The van der Waals surface area contributed by atoms with Crippen LogP contribution in [0.4, 0.5) is 0 Å². The third kappa shape index (κ3) is 3.73. The number of H-pyrrole nitrogens is 1. The van der Waals surface area contributed by atoms with Gasteiger partial charge >= 0.3 is 0 Å². The Hall–Kier alpha value is -1.62. The van der Waals surface area contributed by atoms with Crippen LogP contribution in [0.25, 0.3) is 0 Å². The maximum Gasteiger partial charge on any atom is 0.251 e. The summed E-state index contributed by atoms with van der Waals surface area (Å²) in [6, 6.07) is 2.96. The highest BCUT2D eigenvalue weighted by atomic mass is 16.2. The Morgan fingerprint density at radius 2 is 2.29 bits per heavy atom. The number of rotatable bonds is 4. The van der Waals surface area contributed by atoms with E-state index >= 15 is 0 Å². The maximum absolute atomic E-state index is 12.2. The molecule has 2 N–H and O–H groups in total. The molecule has 5 heteroatoms. The van der Waals surface area contributed by atoms with E-state index in [9.17, 15) is 9.59 Å². The monoisotopic (exact) mass is 291 g/mol. The van der Waals surface area contributed by atoms with Gasteiger partial charge in [0, 0.05) is 29.9 Å². The Balaban J connectivity index is 2.05. The Kier molecular flexibility index (Phi) is 4.83. The summed E-state index contributed by atoms with van der Waals surface area (Å²) >= 11 is 0. The molecule has 2 atom stereocenters. The zero-order chi connectivity index (χ0) is 15.5. The van der Waals surface area contributed by atoms with Crippen molar-refractivity contribution in [1.29, 1.82) is 0 Å². The van der Waals surface area contributed by atoms with E-state index in [1.807, 2.05) is 0 Å². The van der Waals surface area contributed by atoms with Crippen molar-refractivity contribution in [3.05, 3.63) is 34.2 Å². The van der Waals surface area contributed by atoms with Crippen LogP contribution in [0.5, 0.6) is 0 Å². The molecule has 0 bridgehead atoms. The van der Waals surface area contributed by atoms with E-state index in [2.05, 4.69) is 36.2 Å². The highest BCUT2D eigenvalue weighted by Crippen LogP contribution is 2.35. The third-order valence-corrected chi connectivity index (χ3v) is 4.63. The van der Waals surface area contributed by atoms with Crippen molar-refractivity contribution >= 4 is 5.91 Å². The standard InChI is InChI=1S/C16H25N3O2/c1-12-5-4-7-16(10-12,19(2)3)11-18-15(21)13-6-8-17-14(20)9-13/h6,8-9,12H,4-5,7,10-11H2,1-3H3,(H,17,20)(H,18,21). The summed E-state index contributed by atoms with van der Waals surface area (Å²) in [5.74, 6) is 0.498. The van der Waals surface area contributed by atoms with Crippen molar-refractivity contribution in [1.82, 2.24) is 15.2 Å². The molecule has 2 unspecified atom stereocenters. The molecule has 21 heavy (non-hydrogen) atoms. The number of aromatic amines is 1. The summed E-state index contributed by atoms with van der Waals surface area (Å²) in [7, 11) is 4.16. The van der Waals surface area contributed by atoms with Gasteiger partial charge in [0.2, 0.25) is 5.56 Å². The van der Waals surface area contributed by atoms with Gasteiger partial charge < -0.3 is 15.2 Å². The van der Waals surface area contributed by atoms with Gasteiger partial charge in [-0.2, -0.15) is 0 Å². The summed E-state index contributed by atoms with van der Waals surface area (Å²) in [5, 5.41) is 3.01. The lowest BCUT2D eigenvalue weighted by Gasteiger charge is -2.45. The predicted molar refractivity (Wildman–Crippen MR) is 83.4 cm³/mol. The van der Waals surface area contributed by atoms with E-state index in [4.69, 9.17) is 0 Å². The molecule has 1 aliphatic carbocycles. The normalized spacial score (nSPS) is 25.8. The average Bonchev–Trinajstić information content (AvgIpc) is 2.44. The first kappa shape index (κ1) is 15.8. The second-order valence-electron chi connectivity index (χ2n) is 6.44. The SMILES string of the molecule is CC1CCCC(CNC(=O)c2cc[nH]c(=O)c2)(N(C)C)C1. The molecule has 0 aromatic carbocycles. The average molecular weight is 291 g/mol. The number of likely N-dealkylation sites (N-methyl/N-ethyl adjacent to an activating group) is 1. The molecule has 116 valence electrons. The number of carbonyl (C=O) groups excluding carboxylic acids is 1. The fourth-order valence-corrected chi connectivity index (χ4v) is 3.29. The first-order valence-corrected chi connectivity index (χ1v) is 7.57. The van der Waals surface area contributed by atoms with Crippen LogP contribution in [0.1, 0.15) is 43.0 Å². The van der Waals surface area contributed by atoms with Crippen LogP contribution < -0.4 is 10.9 Å². The number of amides is 1. The highest BCUT2D eigenvalue weighted by molar-refractivity contribution is 5.94. The number of carbonyl (C=O) groups is 1. The van der Waals surface area contributed by atoms with Crippen molar-refractivity contribution in [2.75, 3.05) is 20.6 Å². The van der Waals surface area contributed by atoms with Crippen LogP contribution in [0.2, 0.25) is 0 Å². The minimum absolute atomic E-state index is 0.0223. The summed E-state index contributed by atoms with van der Waals surface area (Å²) in [5.41, 5.74) is 0.182. The first-order valence-electron chi connectivity index (χ1n) is 7.57. The van der Waals surface area contributed by atoms with Crippen LogP contribution in [0.3, 0.4) is 0 Å². The van der Waals surface area contributed by atoms with Gasteiger partial charge in [-0.25, -0.2) is 0 Å². The quantitative estimate of drug-likeness (QED) is 0.886. The minimum Gasteiger partial charge on any atom is -0.350 e. The van der Waals surface area contributed by atoms with E-state index in [-0.39, 0.29) is 17.0 Å². The minimum atomic E-state index is -0.253. The third-order valence-electron chi connectivity index (χ3n) is 4.63. The van der Waals surface area contributed by atoms with Crippen LogP contribution in [0, 0.1) is 5.92 Å². The van der Waals surface area contributed by atoms with Gasteiger partial charge in [0.25, 0.3) is 5.91 Å². The van der Waals surface area contributed by atoms with Crippen LogP contribution >= 0.6 is 0 Å². The lowest BCUT2D eigenvalue weighted by molar-refractivity contribution is 0.0675. The van der Waals surface area contributed by atoms with Gasteiger partial charge in [-0.05, 0) is 38.9 Å². The van der Waals surface area contributed by atoms with Crippen molar-refractivity contribution in [2.45, 2.75) is 38.1 Å². The van der Waals surface area contributed by atoms with E-state index in [1.165, 1.54) is 25.1 Å². The maximum atomic E-state index is 12.2. The molecule has 1 amide bonds. The second-order valence-corrected chi connectivity index (χ2v) is 6.44. The van der Waals surface area contributed by atoms with Crippen molar-refractivity contribution < 1.29 is 4.79 Å². The second kappa shape index (κ2) is 6.43. The number of hydrogen-bond acceptors (Lipinski definition) is 3.